The molecule has 3 aliphatic heterocycles. The second-order valence-electron chi connectivity index (χ2n) is 12.4. The second-order valence-corrected chi connectivity index (χ2v) is 13.2. The van der Waals surface area contributed by atoms with Crippen molar-refractivity contribution in [2.45, 2.75) is 64.8 Å². The summed E-state index contributed by atoms with van der Waals surface area (Å²) in [6.07, 6.45) is 10.8. The van der Waals surface area contributed by atoms with Crippen LogP contribution in [0.4, 0.5) is 0 Å². The number of hydrogen-bond acceptors (Lipinski definition) is 3. The van der Waals surface area contributed by atoms with Gasteiger partial charge in [0.15, 0.2) is 0 Å². The fourth-order valence-electron chi connectivity index (χ4n) is 6.19. The van der Waals surface area contributed by atoms with Gasteiger partial charge in [-0.1, -0.05) is 57.5 Å². The SMILES string of the molecule is CSc1cc2[nH]c1C1(C)CC(C)(C)C(=N1)/C=c1\[nH]/c(cc1-c1ccc(C)cc1)=C\C1=NC(=C2)C(C)(C)C1. The number of allylic oxidation sites excluding steroid dienone is 1. The number of H-pyrrole nitrogens is 2. The molecule has 0 saturated carbocycles. The van der Waals surface area contributed by atoms with Crippen LogP contribution in [0.5, 0.6) is 0 Å². The number of rotatable bonds is 2. The highest BCUT2D eigenvalue weighted by Crippen LogP contribution is 2.48. The molecule has 5 heterocycles. The van der Waals surface area contributed by atoms with E-state index < -0.39 is 0 Å². The summed E-state index contributed by atoms with van der Waals surface area (Å²) in [4.78, 5) is 19.3. The molecule has 0 spiro atoms. The van der Waals surface area contributed by atoms with E-state index in [0.717, 1.165) is 46.4 Å². The smallest absolute Gasteiger partial charge is 0.0999 e. The quantitative estimate of drug-likeness (QED) is 0.376. The van der Waals surface area contributed by atoms with Gasteiger partial charge in [-0.25, -0.2) is 0 Å². The zero-order valence-electron chi connectivity index (χ0n) is 22.9. The zero-order valence-corrected chi connectivity index (χ0v) is 23.7. The molecule has 1 atom stereocenters. The van der Waals surface area contributed by atoms with Crippen molar-refractivity contribution in [2.75, 3.05) is 6.26 Å². The Morgan fingerprint density at radius 3 is 2.38 bits per heavy atom. The Labute approximate surface area is 223 Å². The highest BCUT2D eigenvalue weighted by atomic mass is 32.2. The monoisotopic (exact) mass is 508 g/mol. The minimum absolute atomic E-state index is 0.0282. The van der Waals surface area contributed by atoms with Crippen LogP contribution in [0, 0.1) is 17.8 Å². The molecule has 8 bridgehead atoms. The molecule has 37 heavy (non-hydrogen) atoms. The van der Waals surface area contributed by atoms with E-state index in [9.17, 15) is 0 Å². The predicted molar refractivity (Wildman–Crippen MR) is 159 cm³/mol. The Balaban J connectivity index is 1.66. The van der Waals surface area contributed by atoms with Crippen LogP contribution in [0.2, 0.25) is 0 Å². The Morgan fingerprint density at radius 2 is 1.65 bits per heavy atom. The van der Waals surface area contributed by atoms with Gasteiger partial charge in [0.2, 0.25) is 0 Å². The van der Waals surface area contributed by atoms with Gasteiger partial charge >= 0.3 is 0 Å². The number of aryl methyl sites for hydroxylation is 1. The minimum atomic E-state index is -0.324. The summed E-state index contributed by atoms with van der Waals surface area (Å²) in [5, 5.41) is 2.19. The zero-order chi connectivity index (χ0) is 26.2. The number of nitrogens with zero attached hydrogens (tertiary/aromatic N) is 2. The van der Waals surface area contributed by atoms with Crippen LogP contribution in [0.15, 0.2) is 57.0 Å². The number of aliphatic imine (C=N–C) groups is 2. The Bertz CT molecular complexity index is 1620. The molecule has 0 radical (unpaired) electrons. The number of thioether (sulfide) groups is 1. The molecule has 1 unspecified atom stereocenters. The fraction of sp³-hybridized carbons (Fsp3) is 0.375. The van der Waals surface area contributed by atoms with Gasteiger partial charge in [0.25, 0.3) is 0 Å². The molecule has 0 fully saturated rings. The van der Waals surface area contributed by atoms with E-state index in [1.165, 1.54) is 27.3 Å². The summed E-state index contributed by atoms with van der Waals surface area (Å²) in [6, 6.07) is 13.3. The topological polar surface area (TPSA) is 56.3 Å². The van der Waals surface area contributed by atoms with Gasteiger partial charge in [-0.2, -0.15) is 0 Å². The van der Waals surface area contributed by atoms with E-state index in [1.54, 1.807) is 11.8 Å². The number of aromatic amines is 2. The van der Waals surface area contributed by atoms with Crippen LogP contribution in [0.25, 0.3) is 29.4 Å². The first-order valence-electron chi connectivity index (χ1n) is 13.1. The minimum Gasteiger partial charge on any atom is -0.356 e. The van der Waals surface area contributed by atoms with Gasteiger partial charge < -0.3 is 9.97 Å². The Hall–Kier alpha value is -3.05. The molecule has 5 heteroatoms. The molecule has 3 aliphatic rings. The summed E-state index contributed by atoms with van der Waals surface area (Å²) in [6.45, 7) is 13.6. The van der Waals surface area contributed by atoms with E-state index in [0.29, 0.717) is 0 Å². The number of nitrogens with one attached hydrogen (secondary N) is 2. The molecule has 1 aromatic carbocycles. The first kappa shape index (κ1) is 24.3. The van der Waals surface area contributed by atoms with Crippen LogP contribution >= 0.6 is 11.8 Å². The highest BCUT2D eigenvalue weighted by Gasteiger charge is 2.44. The average Bonchev–Trinajstić information content (AvgIpc) is 3.53. The van der Waals surface area contributed by atoms with E-state index in [4.69, 9.17) is 9.98 Å². The predicted octanol–water partition coefficient (Wildman–Crippen LogP) is 6.61. The van der Waals surface area contributed by atoms with Gasteiger partial charge in [-0.15, -0.1) is 11.8 Å². The maximum absolute atomic E-state index is 5.43. The number of fused-ring (bicyclic) bond motifs is 7. The van der Waals surface area contributed by atoms with Crippen molar-refractivity contribution in [2.24, 2.45) is 20.8 Å². The van der Waals surface area contributed by atoms with E-state index in [2.05, 4.69) is 112 Å². The third-order valence-corrected chi connectivity index (χ3v) is 8.88. The van der Waals surface area contributed by atoms with Gasteiger partial charge in [0, 0.05) is 61.2 Å². The first-order chi connectivity index (χ1) is 17.5. The molecule has 0 aliphatic carbocycles. The highest BCUT2D eigenvalue weighted by molar-refractivity contribution is 7.98. The fourth-order valence-corrected chi connectivity index (χ4v) is 6.91. The van der Waals surface area contributed by atoms with Crippen molar-refractivity contribution >= 4 is 41.4 Å². The lowest BCUT2D eigenvalue weighted by Gasteiger charge is -2.25. The van der Waals surface area contributed by atoms with Crippen molar-refractivity contribution in [1.29, 1.82) is 0 Å². The summed E-state index contributed by atoms with van der Waals surface area (Å²) in [7, 11) is 0. The molecule has 2 aromatic heterocycles. The Morgan fingerprint density at radius 1 is 0.892 bits per heavy atom. The maximum atomic E-state index is 5.43. The largest absolute Gasteiger partial charge is 0.356 e. The molecule has 2 N–H and O–H groups in total. The van der Waals surface area contributed by atoms with Gasteiger partial charge in [-0.3, -0.25) is 9.98 Å². The molecule has 3 aromatic rings. The molecule has 190 valence electrons. The van der Waals surface area contributed by atoms with Crippen molar-refractivity contribution in [3.05, 3.63) is 69.7 Å². The van der Waals surface area contributed by atoms with Gasteiger partial charge in [-0.05, 0) is 62.4 Å². The van der Waals surface area contributed by atoms with Crippen molar-refractivity contribution in [1.82, 2.24) is 9.97 Å². The van der Waals surface area contributed by atoms with Crippen LogP contribution in [-0.2, 0) is 5.54 Å². The lowest BCUT2D eigenvalue weighted by molar-refractivity contribution is 0.365. The number of benzene rings is 1. The third kappa shape index (κ3) is 4.17. The molecule has 6 rings (SSSR count). The lowest BCUT2D eigenvalue weighted by atomic mass is 9.79. The van der Waals surface area contributed by atoms with Crippen LogP contribution < -0.4 is 10.7 Å². The van der Waals surface area contributed by atoms with Gasteiger partial charge in [0.1, 0.15) is 0 Å². The third-order valence-electron chi connectivity index (χ3n) is 8.12. The van der Waals surface area contributed by atoms with Crippen LogP contribution in [0.1, 0.15) is 64.4 Å². The molecular formula is C32H36N4S. The van der Waals surface area contributed by atoms with Crippen LogP contribution in [0.3, 0.4) is 0 Å². The summed E-state index contributed by atoms with van der Waals surface area (Å²) >= 11 is 1.79. The van der Waals surface area contributed by atoms with Gasteiger partial charge in [0.05, 0.1) is 11.2 Å². The normalized spacial score (nSPS) is 25.1. The summed E-state index contributed by atoms with van der Waals surface area (Å²) in [5.41, 5.74) is 8.93. The number of hydrogen-bond donors (Lipinski definition) is 2. The molecule has 0 amide bonds. The standard InChI is InChI=1S/C32H36N4S/c1-19-8-10-20(11-9-19)24-13-21-12-23-17-30(2,3)27(34-23)15-22-14-26(37-7)29(35-22)32(6)18-31(4,5)28(36-32)16-25(24)33-21/h8-16,33,35H,17-18H2,1-7H3/b21-12-,25-16-,27-15?. The molecular weight excluding hydrogens is 472 g/mol. The van der Waals surface area contributed by atoms with Crippen molar-refractivity contribution in [3.63, 3.8) is 0 Å². The lowest BCUT2D eigenvalue weighted by Crippen LogP contribution is -2.25. The van der Waals surface area contributed by atoms with E-state index in [1.807, 2.05) is 0 Å². The summed E-state index contributed by atoms with van der Waals surface area (Å²) in [5.74, 6) is 0. The molecule has 4 nitrogen and oxygen atoms in total. The maximum Gasteiger partial charge on any atom is 0.0999 e. The molecule has 0 saturated heterocycles. The van der Waals surface area contributed by atoms with E-state index in [-0.39, 0.29) is 16.4 Å². The first-order valence-corrected chi connectivity index (χ1v) is 14.4. The second kappa shape index (κ2) is 8.22. The average molecular weight is 509 g/mol. The Kier molecular flexibility index (Phi) is 5.40. The van der Waals surface area contributed by atoms with Crippen LogP contribution in [-0.4, -0.2) is 27.6 Å². The van der Waals surface area contributed by atoms with Crippen molar-refractivity contribution in [3.8, 4) is 11.1 Å². The van der Waals surface area contributed by atoms with E-state index >= 15 is 0 Å². The number of aromatic nitrogens is 2. The summed E-state index contributed by atoms with van der Waals surface area (Å²) < 4.78 is 0. The van der Waals surface area contributed by atoms with Crippen molar-refractivity contribution < 1.29 is 0 Å².